The van der Waals surface area contributed by atoms with Crippen molar-refractivity contribution in [3.63, 3.8) is 0 Å². The molecule has 0 bridgehead atoms. The number of carbonyl (C=O) groups excluding carboxylic acids is 2. The number of aliphatic hydroxyl groups is 1. The first-order valence-corrected chi connectivity index (χ1v) is 22.3. The van der Waals surface area contributed by atoms with Gasteiger partial charge in [-0.05, 0) is 89.9 Å². The van der Waals surface area contributed by atoms with Gasteiger partial charge in [0.15, 0.2) is 6.10 Å². The number of carbonyl (C=O) groups is 2. The van der Waals surface area contributed by atoms with Gasteiger partial charge in [-0.2, -0.15) is 0 Å². The minimum absolute atomic E-state index is 0.0258. The van der Waals surface area contributed by atoms with Crippen molar-refractivity contribution in [2.75, 3.05) is 26.4 Å². The van der Waals surface area contributed by atoms with E-state index in [2.05, 4.69) is 86.8 Å². The molecule has 0 spiro atoms. The number of esters is 2. The monoisotopic (exact) mass is 804 g/mol. The highest BCUT2D eigenvalue weighted by atomic mass is 31.2. The van der Waals surface area contributed by atoms with E-state index in [0.29, 0.717) is 32.1 Å². The molecule has 0 radical (unpaired) electrons. The van der Waals surface area contributed by atoms with Gasteiger partial charge in [-0.25, -0.2) is 4.57 Å². The normalized spacial score (nSPS) is 14.9. The quantitative estimate of drug-likeness (QED) is 0.0239. The number of hydrogen-bond acceptors (Lipinski definition) is 9. The van der Waals surface area contributed by atoms with E-state index in [0.717, 1.165) is 57.8 Å². The Labute approximate surface area is 339 Å². The molecular weight excluding hydrogens is 729 g/mol. The van der Waals surface area contributed by atoms with Crippen molar-refractivity contribution in [1.82, 2.24) is 0 Å². The Hall–Kier alpha value is -3.11. The molecule has 0 saturated carbocycles. The molecule has 0 aliphatic heterocycles. The molecule has 10 nitrogen and oxygen atoms in total. The smallest absolute Gasteiger partial charge is 0.462 e. The van der Waals surface area contributed by atoms with E-state index in [1.54, 1.807) is 0 Å². The first-order chi connectivity index (χ1) is 27.2. The van der Waals surface area contributed by atoms with Gasteiger partial charge in [-0.1, -0.05) is 130 Å². The van der Waals surface area contributed by atoms with Gasteiger partial charge in [0.2, 0.25) is 0 Å². The summed E-state index contributed by atoms with van der Waals surface area (Å²) in [7, 11) is -4.42. The fraction of sp³-hybridized carbons (Fsp3) is 0.600. The highest BCUT2D eigenvalue weighted by Gasteiger charge is 2.25. The summed E-state index contributed by atoms with van der Waals surface area (Å²) in [4.78, 5) is 34.8. The van der Waals surface area contributed by atoms with Crippen LogP contribution in [0.1, 0.15) is 136 Å². The molecule has 0 aromatic rings. The predicted octanol–water partition coefficient (Wildman–Crippen LogP) is 10.8. The van der Waals surface area contributed by atoms with Crippen molar-refractivity contribution in [2.24, 2.45) is 5.73 Å². The maximum Gasteiger partial charge on any atom is 0.472 e. The molecule has 56 heavy (non-hydrogen) atoms. The fourth-order valence-electron chi connectivity index (χ4n) is 4.93. The second-order valence-electron chi connectivity index (χ2n) is 13.3. The molecule has 0 aliphatic carbocycles. The average Bonchev–Trinajstić information content (AvgIpc) is 3.17. The molecule has 0 aliphatic rings. The summed E-state index contributed by atoms with van der Waals surface area (Å²) in [5.74, 6) is -0.992. The lowest BCUT2D eigenvalue weighted by Gasteiger charge is -2.19. The van der Waals surface area contributed by atoms with Gasteiger partial charge in [0, 0.05) is 19.4 Å². The standard InChI is InChI=1S/C45H74NO9P/c1-3-5-6-7-8-9-10-11-12-13-14-17-20-23-26-29-32-36-44(48)52-40-43(41-54-56(50,51)53-39-38-46)55-45(49)37-33-30-27-24-21-18-15-16-19-22-25-28-31-35-42(47)34-4-2/h8-9,11-12,14-15,17-19,22-24,26-28,31,42-43,47H,3-7,10,13,16,20-21,25,29-30,32-41,46H2,1-2H3,(H,50,51)/b9-8-,12-11-,17-14-,18-15-,22-19-,26-23-,27-24-,31-28-/t42?,43-/m1/s1. The Kier molecular flexibility index (Phi) is 37.9. The van der Waals surface area contributed by atoms with E-state index in [4.69, 9.17) is 24.3 Å². The number of nitrogens with two attached hydrogens (primary N) is 1. The van der Waals surface area contributed by atoms with Crippen LogP contribution in [0.2, 0.25) is 0 Å². The van der Waals surface area contributed by atoms with Crippen molar-refractivity contribution in [3.8, 4) is 0 Å². The van der Waals surface area contributed by atoms with Crippen LogP contribution in [0.25, 0.3) is 0 Å². The number of phosphoric acid groups is 1. The number of phosphoric ester groups is 1. The zero-order valence-electron chi connectivity index (χ0n) is 34.4. The van der Waals surface area contributed by atoms with E-state index in [-0.39, 0.29) is 38.7 Å². The van der Waals surface area contributed by atoms with Gasteiger partial charge in [-0.3, -0.25) is 18.6 Å². The average molecular weight is 804 g/mol. The molecular formula is C45H74NO9P. The van der Waals surface area contributed by atoms with Gasteiger partial charge in [0.25, 0.3) is 0 Å². The Balaban J connectivity index is 4.42. The van der Waals surface area contributed by atoms with Gasteiger partial charge < -0.3 is 25.2 Å². The Morgan fingerprint density at radius 1 is 0.607 bits per heavy atom. The third-order valence-electron chi connectivity index (χ3n) is 8.00. The lowest BCUT2D eigenvalue weighted by Crippen LogP contribution is -2.29. The number of rotatable bonds is 37. The van der Waals surface area contributed by atoms with Gasteiger partial charge in [0.1, 0.15) is 6.61 Å². The summed E-state index contributed by atoms with van der Waals surface area (Å²) in [5.41, 5.74) is 5.33. The molecule has 4 N–H and O–H groups in total. The molecule has 0 heterocycles. The second-order valence-corrected chi connectivity index (χ2v) is 14.8. The van der Waals surface area contributed by atoms with Crippen LogP contribution in [-0.2, 0) is 32.7 Å². The summed E-state index contributed by atoms with van der Waals surface area (Å²) in [6.07, 6.45) is 48.0. The van der Waals surface area contributed by atoms with Crippen molar-refractivity contribution in [2.45, 2.75) is 148 Å². The lowest BCUT2D eigenvalue weighted by molar-refractivity contribution is -0.161. The fourth-order valence-corrected chi connectivity index (χ4v) is 5.69. The molecule has 0 rings (SSSR count). The predicted molar refractivity (Wildman–Crippen MR) is 230 cm³/mol. The summed E-state index contributed by atoms with van der Waals surface area (Å²) in [5, 5.41) is 9.72. The zero-order chi connectivity index (χ0) is 41.2. The number of unbranched alkanes of at least 4 members (excludes halogenated alkanes) is 5. The van der Waals surface area contributed by atoms with Crippen LogP contribution >= 0.6 is 7.82 Å². The highest BCUT2D eigenvalue weighted by molar-refractivity contribution is 7.47. The first-order valence-electron chi connectivity index (χ1n) is 20.8. The van der Waals surface area contributed by atoms with E-state index in [1.807, 2.05) is 24.3 Å². The van der Waals surface area contributed by atoms with Crippen LogP contribution in [0.4, 0.5) is 0 Å². The molecule has 11 heteroatoms. The van der Waals surface area contributed by atoms with Gasteiger partial charge >= 0.3 is 19.8 Å². The van der Waals surface area contributed by atoms with Crippen LogP contribution in [0, 0.1) is 0 Å². The van der Waals surface area contributed by atoms with Crippen molar-refractivity contribution in [1.29, 1.82) is 0 Å². The van der Waals surface area contributed by atoms with Crippen molar-refractivity contribution >= 4 is 19.8 Å². The summed E-state index contributed by atoms with van der Waals surface area (Å²) >= 11 is 0. The van der Waals surface area contributed by atoms with Crippen molar-refractivity contribution < 1.29 is 42.7 Å². The number of hydrogen-bond donors (Lipinski definition) is 3. The molecule has 0 aromatic heterocycles. The minimum atomic E-state index is -4.42. The van der Waals surface area contributed by atoms with Crippen molar-refractivity contribution in [3.05, 3.63) is 97.2 Å². The van der Waals surface area contributed by atoms with Gasteiger partial charge in [0.05, 0.1) is 19.3 Å². The maximum atomic E-state index is 12.5. The molecule has 2 unspecified atom stereocenters. The number of ether oxygens (including phenoxy) is 2. The van der Waals surface area contributed by atoms with Crippen LogP contribution in [0.3, 0.4) is 0 Å². The SMILES string of the molecule is CCCCC/C=C\C/C=C\C/C=C\C/C=C\CCCC(=O)OC[C@H](COP(=O)(O)OCCN)OC(=O)CCC/C=C\C/C=C\C/C=C\C/C=C\CC(O)CCC. The molecule has 3 atom stereocenters. The zero-order valence-corrected chi connectivity index (χ0v) is 35.3. The van der Waals surface area contributed by atoms with E-state index >= 15 is 0 Å². The topological polar surface area (TPSA) is 155 Å². The lowest BCUT2D eigenvalue weighted by atomic mass is 10.1. The molecule has 318 valence electrons. The maximum absolute atomic E-state index is 12.5. The minimum Gasteiger partial charge on any atom is -0.462 e. The Bertz CT molecular complexity index is 1250. The second kappa shape index (κ2) is 40.1. The number of allylic oxidation sites excluding steroid dienone is 15. The van der Waals surface area contributed by atoms with E-state index < -0.39 is 32.5 Å². The third-order valence-corrected chi connectivity index (χ3v) is 8.98. The third kappa shape index (κ3) is 39.1. The Morgan fingerprint density at radius 2 is 1.07 bits per heavy atom. The summed E-state index contributed by atoms with van der Waals surface area (Å²) in [6, 6.07) is 0. The summed E-state index contributed by atoms with van der Waals surface area (Å²) in [6.45, 7) is 3.33. The van der Waals surface area contributed by atoms with E-state index in [1.165, 1.54) is 19.3 Å². The highest BCUT2D eigenvalue weighted by Crippen LogP contribution is 2.43. The molecule has 0 aromatic carbocycles. The molecule has 0 saturated heterocycles. The van der Waals surface area contributed by atoms with Crippen LogP contribution in [0.15, 0.2) is 97.2 Å². The molecule has 0 amide bonds. The molecule has 0 fully saturated rings. The first kappa shape index (κ1) is 52.9. The van der Waals surface area contributed by atoms with E-state index in [9.17, 15) is 24.2 Å². The van der Waals surface area contributed by atoms with Crippen LogP contribution < -0.4 is 5.73 Å². The van der Waals surface area contributed by atoms with Crippen LogP contribution in [0.5, 0.6) is 0 Å². The largest absolute Gasteiger partial charge is 0.472 e. The van der Waals surface area contributed by atoms with Gasteiger partial charge in [-0.15, -0.1) is 0 Å². The Morgan fingerprint density at radius 3 is 1.55 bits per heavy atom. The number of aliphatic hydroxyl groups excluding tert-OH is 1. The van der Waals surface area contributed by atoms with Crippen LogP contribution in [-0.4, -0.2) is 60.5 Å². The summed E-state index contributed by atoms with van der Waals surface area (Å²) < 4.78 is 32.6.